The van der Waals surface area contributed by atoms with Crippen LogP contribution in [-0.2, 0) is 0 Å². The van der Waals surface area contributed by atoms with E-state index in [0.29, 0.717) is 11.9 Å². The lowest BCUT2D eigenvalue weighted by Crippen LogP contribution is -2.40. The second-order valence-electron chi connectivity index (χ2n) is 5.27. The lowest BCUT2D eigenvalue weighted by atomic mass is 9.87. The summed E-state index contributed by atoms with van der Waals surface area (Å²) < 4.78 is 0. The third kappa shape index (κ3) is 3.20. The van der Waals surface area contributed by atoms with Crippen LogP contribution in [0.1, 0.15) is 27.7 Å². The van der Waals surface area contributed by atoms with Crippen molar-refractivity contribution in [1.29, 1.82) is 0 Å². The molecule has 0 bridgehead atoms. The zero-order valence-electron chi connectivity index (χ0n) is 11.2. The van der Waals surface area contributed by atoms with Gasteiger partial charge in [0.25, 0.3) is 0 Å². The average Bonchev–Trinajstić information content (AvgIpc) is 2.24. The first-order chi connectivity index (χ1) is 7.75. The Morgan fingerprint density at radius 1 is 1.35 bits per heavy atom. The Balaban J connectivity index is 3.03. The van der Waals surface area contributed by atoms with Gasteiger partial charge in [-0.25, -0.2) is 5.84 Å². The van der Waals surface area contributed by atoms with E-state index < -0.39 is 0 Å². The Kier molecular flexibility index (Phi) is 3.77. The van der Waals surface area contributed by atoms with Crippen molar-refractivity contribution in [3.63, 3.8) is 0 Å². The van der Waals surface area contributed by atoms with E-state index in [1.807, 2.05) is 7.05 Å². The van der Waals surface area contributed by atoms with E-state index in [2.05, 4.69) is 48.0 Å². The number of nitrogens with zero attached hydrogens (tertiary/aromatic N) is 3. The van der Waals surface area contributed by atoms with Crippen LogP contribution >= 0.6 is 0 Å². The van der Waals surface area contributed by atoms with Gasteiger partial charge in [0.05, 0.1) is 0 Å². The predicted octanol–water partition coefficient (Wildman–Crippen LogP) is 1.22. The lowest BCUT2D eigenvalue weighted by Gasteiger charge is -2.36. The first-order valence-corrected chi connectivity index (χ1v) is 5.59. The van der Waals surface area contributed by atoms with Crippen molar-refractivity contribution in [3.05, 3.63) is 6.07 Å². The van der Waals surface area contributed by atoms with E-state index in [0.717, 1.165) is 5.82 Å². The summed E-state index contributed by atoms with van der Waals surface area (Å²) >= 11 is 0. The summed E-state index contributed by atoms with van der Waals surface area (Å²) in [5.74, 6) is 6.82. The van der Waals surface area contributed by atoms with Crippen molar-refractivity contribution < 1.29 is 0 Å². The molecular weight excluding hydrogens is 216 g/mol. The van der Waals surface area contributed by atoms with Gasteiger partial charge in [0.1, 0.15) is 11.6 Å². The summed E-state index contributed by atoms with van der Waals surface area (Å²) in [7, 11) is 1.98. The number of rotatable bonds is 3. The molecule has 0 aromatic carbocycles. The minimum Gasteiger partial charge on any atom is -0.368 e. The molecule has 96 valence electrons. The van der Waals surface area contributed by atoms with Gasteiger partial charge in [-0.15, -0.1) is 0 Å². The second-order valence-corrected chi connectivity index (χ2v) is 5.27. The van der Waals surface area contributed by atoms with Crippen LogP contribution in [0.25, 0.3) is 0 Å². The predicted molar refractivity (Wildman–Crippen MR) is 71.6 cm³/mol. The number of hydrogen-bond donors (Lipinski definition) is 3. The molecule has 1 atom stereocenters. The van der Waals surface area contributed by atoms with E-state index >= 15 is 0 Å². The number of nitrogen functional groups attached to an aromatic ring is 2. The van der Waals surface area contributed by atoms with Crippen LogP contribution in [0, 0.1) is 5.41 Å². The fourth-order valence-electron chi connectivity index (χ4n) is 1.49. The molecule has 1 unspecified atom stereocenters. The minimum absolute atomic E-state index is 0.144. The summed E-state index contributed by atoms with van der Waals surface area (Å²) in [6.07, 6.45) is 0. The SMILES string of the molecule is CC(N(C)c1cc(NN)nc(N)n1)C(C)(C)C. The number of nitrogens with two attached hydrogens (primary N) is 2. The first-order valence-electron chi connectivity index (χ1n) is 5.59. The Bertz CT molecular complexity index is 384. The molecule has 17 heavy (non-hydrogen) atoms. The molecule has 0 aliphatic rings. The van der Waals surface area contributed by atoms with Crippen molar-refractivity contribution in [2.75, 3.05) is 23.1 Å². The Morgan fingerprint density at radius 3 is 2.41 bits per heavy atom. The quantitative estimate of drug-likeness (QED) is 0.541. The van der Waals surface area contributed by atoms with Crippen LogP contribution in [-0.4, -0.2) is 23.1 Å². The normalized spacial score (nSPS) is 13.3. The lowest BCUT2D eigenvalue weighted by molar-refractivity contribution is 0.328. The van der Waals surface area contributed by atoms with Crippen LogP contribution < -0.4 is 21.9 Å². The maximum atomic E-state index is 5.64. The van der Waals surface area contributed by atoms with Crippen molar-refractivity contribution in [1.82, 2.24) is 9.97 Å². The van der Waals surface area contributed by atoms with Gasteiger partial charge in [0, 0.05) is 19.2 Å². The highest BCUT2D eigenvalue weighted by molar-refractivity contribution is 5.52. The van der Waals surface area contributed by atoms with Gasteiger partial charge in [-0.1, -0.05) is 20.8 Å². The van der Waals surface area contributed by atoms with Gasteiger partial charge in [-0.05, 0) is 12.3 Å². The number of nitrogens with one attached hydrogen (secondary N) is 1. The first kappa shape index (κ1) is 13.5. The van der Waals surface area contributed by atoms with Gasteiger partial charge in [-0.3, -0.25) is 0 Å². The van der Waals surface area contributed by atoms with Gasteiger partial charge in [0.15, 0.2) is 0 Å². The summed E-state index contributed by atoms with van der Waals surface area (Å²) in [6.45, 7) is 8.69. The second kappa shape index (κ2) is 4.75. The molecule has 0 fully saturated rings. The van der Waals surface area contributed by atoms with Crippen molar-refractivity contribution in [2.24, 2.45) is 11.3 Å². The highest BCUT2D eigenvalue weighted by Crippen LogP contribution is 2.27. The fourth-order valence-corrected chi connectivity index (χ4v) is 1.49. The van der Waals surface area contributed by atoms with Gasteiger partial charge < -0.3 is 16.1 Å². The maximum Gasteiger partial charge on any atom is 0.223 e. The molecule has 6 heteroatoms. The monoisotopic (exact) mass is 238 g/mol. The topological polar surface area (TPSA) is 93.1 Å². The molecule has 6 nitrogen and oxygen atoms in total. The largest absolute Gasteiger partial charge is 0.368 e. The van der Waals surface area contributed by atoms with Gasteiger partial charge in [-0.2, -0.15) is 9.97 Å². The molecule has 0 saturated carbocycles. The van der Waals surface area contributed by atoms with Crippen LogP contribution in [0.2, 0.25) is 0 Å². The summed E-state index contributed by atoms with van der Waals surface area (Å²) in [6, 6.07) is 2.08. The minimum atomic E-state index is 0.144. The van der Waals surface area contributed by atoms with E-state index in [4.69, 9.17) is 11.6 Å². The number of anilines is 3. The van der Waals surface area contributed by atoms with E-state index in [1.165, 1.54) is 0 Å². The molecule has 0 radical (unpaired) electrons. The highest BCUT2D eigenvalue weighted by atomic mass is 15.3. The van der Waals surface area contributed by atoms with Gasteiger partial charge >= 0.3 is 0 Å². The molecule has 1 heterocycles. The van der Waals surface area contributed by atoms with Crippen LogP contribution in [0.4, 0.5) is 17.6 Å². The average molecular weight is 238 g/mol. The highest BCUT2D eigenvalue weighted by Gasteiger charge is 2.25. The van der Waals surface area contributed by atoms with Crippen LogP contribution in [0.3, 0.4) is 0 Å². The zero-order valence-corrected chi connectivity index (χ0v) is 11.2. The third-order valence-electron chi connectivity index (χ3n) is 3.07. The zero-order chi connectivity index (χ0) is 13.2. The molecule has 0 spiro atoms. The number of hydrogen-bond acceptors (Lipinski definition) is 6. The molecule has 1 rings (SSSR count). The Morgan fingerprint density at radius 2 is 1.94 bits per heavy atom. The third-order valence-corrected chi connectivity index (χ3v) is 3.07. The van der Waals surface area contributed by atoms with E-state index in [9.17, 15) is 0 Å². The fraction of sp³-hybridized carbons (Fsp3) is 0.636. The molecule has 0 aliphatic carbocycles. The molecule has 0 aliphatic heterocycles. The van der Waals surface area contributed by atoms with Crippen molar-refractivity contribution in [3.8, 4) is 0 Å². The molecule has 0 saturated heterocycles. The smallest absolute Gasteiger partial charge is 0.223 e. The molecular formula is C11H22N6. The standard InChI is InChI=1S/C11H22N6/c1-7(11(2,3)4)17(5)9-6-8(16-13)14-10(12)15-9/h6-7H,13H2,1-5H3,(H3,12,14,15,16). The molecule has 0 amide bonds. The van der Waals surface area contributed by atoms with Crippen LogP contribution in [0.15, 0.2) is 6.07 Å². The Labute approximate surface area is 102 Å². The Hall–Kier alpha value is -1.56. The van der Waals surface area contributed by atoms with Crippen LogP contribution in [0.5, 0.6) is 0 Å². The summed E-state index contributed by atoms with van der Waals surface area (Å²) in [5.41, 5.74) is 8.26. The number of aromatic nitrogens is 2. The number of hydrazine groups is 1. The van der Waals surface area contributed by atoms with Gasteiger partial charge in [0.2, 0.25) is 5.95 Å². The van der Waals surface area contributed by atoms with Crippen molar-refractivity contribution in [2.45, 2.75) is 33.7 Å². The summed E-state index contributed by atoms with van der Waals surface area (Å²) in [5, 5.41) is 0. The van der Waals surface area contributed by atoms with E-state index in [-0.39, 0.29) is 11.4 Å². The maximum absolute atomic E-state index is 5.64. The van der Waals surface area contributed by atoms with E-state index in [1.54, 1.807) is 6.07 Å². The van der Waals surface area contributed by atoms with Crippen molar-refractivity contribution >= 4 is 17.6 Å². The summed E-state index contributed by atoms with van der Waals surface area (Å²) in [4.78, 5) is 10.2. The molecule has 1 aromatic heterocycles. The molecule has 5 N–H and O–H groups in total. The molecule has 1 aromatic rings.